The summed E-state index contributed by atoms with van der Waals surface area (Å²) in [4.78, 5) is 27.7. The van der Waals surface area contributed by atoms with Crippen LogP contribution < -0.4 is 25.6 Å². The zero-order valence-electron chi connectivity index (χ0n) is 23.9. The molecule has 1 atom stereocenters. The summed E-state index contributed by atoms with van der Waals surface area (Å²) in [5, 5.41) is 16.5. The van der Waals surface area contributed by atoms with E-state index in [4.69, 9.17) is 12.2 Å². The number of nitrogens with one attached hydrogen (secondary N) is 5. The lowest BCUT2D eigenvalue weighted by Gasteiger charge is -2.18. The van der Waals surface area contributed by atoms with Crippen molar-refractivity contribution in [1.29, 1.82) is 0 Å². The molecule has 3 amide bonds. The number of carbonyl (C=O) groups is 2. The van der Waals surface area contributed by atoms with Crippen molar-refractivity contribution in [3.63, 3.8) is 0 Å². The highest BCUT2D eigenvalue weighted by molar-refractivity contribution is 7.89. The number of aromatic amines is 1. The minimum absolute atomic E-state index is 0.250. The fraction of sp³-hybridized carbons (Fsp3) is 0.310. The van der Waals surface area contributed by atoms with Crippen LogP contribution in [0.15, 0.2) is 71.6 Å². The number of urea groups is 1. The lowest BCUT2D eigenvalue weighted by molar-refractivity contribution is -0.122. The average molecular weight is 642 g/mol. The Morgan fingerprint density at radius 3 is 2.40 bits per heavy atom. The van der Waals surface area contributed by atoms with Gasteiger partial charge in [0.1, 0.15) is 6.04 Å². The van der Waals surface area contributed by atoms with Gasteiger partial charge in [-0.2, -0.15) is 0 Å². The molecule has 0 bridgehead atoms. The molecule has 0 saturated heterocycles. The van der Waals surface area contributed by atoms with Crippen molar-refractivity contribution < 1.29 is 18.0 Å². The minimum Gasteiger partial charge on any atom is -0.377 e. The Kier molecular flexibility index (Phi) is 11.2. The van der Waals surface area contributed by atoms with Gasteiger partial charge in [0.05, 0.1) is 4.90 Å². The third-order valence-electron chi connectivity index (χ3n) is 6.64. The van der Waals surface area contributed by atoms with E-state index in [1.165, 1.54) is 0 Å². The fourth-order valence-electron chi connectivity index (χ4n) is 4.57. The molecule has 0 saturated carbocycles. The van der Waals surface area contributed by atoms with Gasteiger partial charge in [0, 0.05) is 50.1 Å². The van der Waals surface area contributed by atoms with Crippen LogP contribution >= 0.6 is 23.6 Å². The van der Waals surface area contributed by atoms with E-state index in [2.05, 4.69) is 30.9 Å². The van der Waals surface area contributed by atoms with Crippen LogP contribution in [0.4, 0.5) is 15.6 Å². The van der Waals surface area contributed by atoms with E-state index in [9.17, 15) is 18.0 Å². The van der Waals surface area contributed by atoms with Crippen molar-refractivity contribution in [2.45, 2.75) is 36.6 Å². The first-order chi connectivity index (χ1) is 20.6. The van der Waals surface area contributed by atoms with Crippen molar-refractivity contribution in [3.8, 4) is 0 Å². The average Bonchev–Trinajstić information content (AvgIpc) is 3.39. The predicted molar refractivity (Wildman–Crippen MR) is 174 cm³/mol. The molecule has 4 rings (SSSR count). The molecular weight excluding hydrogens is 607 g/mol. The van der Waals surface area contributed by atoms with Crippen LogP contribution in [0.2, 0.25) is 0 Å². The number of rotatable bonds is 14. The van der Waals surface area contributed by atoms with Crippen molar-refractivity contribution in [2.24, 2.45) is 0 Å². The maximum atomic E-state index is 13.1. The molecule has 228 valence electrons. The van der Waals surface area contributed by atoms with Gasteiger partial charge in [-0.3, -0.25) is 15.2 Å². The number of unbranched alkanes of at least 4 members (excludes halogenated alkanes) is 2. The predicted octanol–water partition coefficient (Wildman–Crippen LogP) is 4.42. The lowest BCUT2D eigenvalue weighted by Crippen LogP contribution is -2.49. The second-order valence-electron chi connectivity index (χ2n) is 10.0. The maximum absolute atomic E-state index is 13.1. The van der Waals surface area contributed by atoms with Gasteiger partial charge in [-0.25, -0.2) is 17.9 Å². The zero-order valence-corrected chi connectivity index (χ0v) is 26.4. The summed E-state index contributed by atoms with van der Waals surface area (Å²) in [5.41, 5.74) is 1.84. The minimum atomic E-state index is -3.71. The second-order valence-corrected chi connectivity index (χ2v) is 13.4. The number of nitrogens with zero attached hydrogens (tertiary/aromatic N) is 2. The summed E-state index contributed by atoms with van der Waals surface area (Å²) in [6, 6.07) is 18.9. The molecule has 0 aliphatic carbocycles. The van der Waals surface area contributed by atoms with Crippen LogP contribution in [0.3, 0.4) is 0 Å². The summed E-state index contributed by atoms with van der Waals surface area (Å²) >= 11 is 6.10. The summed E-state index contributed by atoms with van der Waals surface area (Å²) in [6.45, 7) is 0.663. The van der Waals surface area contributed by atoms with Gasteiger partial charge in [0.25, 0.3) is 0 Å². The number of anilines is 2. The number of fused-ring (bicyclic) bond motifs is 1. The first kappa shape index (κ1) is 32.1. The third kappa shape index (κ3) is 9.07. The third-order valence-corrected chi connectivity index (χ3v) is 9.16. The van der Waals surface area contributed by atoms with E-state index in [1.54, 1.807) is 12.1 Å². The molecule has 11 nitrogen and oxygen atoms in total. The van der Waals surface area contributed by atoms with E-state index in [1.807, 2.05) is 73.6 Å². The summed E-state index contributed by atoms with van der Waals surface area (Å²) in [6.07, 6.45) is 2.26. The van der Waals surface area contributed by atoms with Crippen molar-refractivity contribution in [2.75, 3.05) is 37.4 Å². The van der Waals surface area contributed by atoms with Gasteiger partial charge >= 0.3 is 6.03 Å². The first-order valence-corrected chi connectivity index (χ1v) is 16.5. The zero-order chi connectivity index (χ0) is 30.8. The number of benzene rings is 3. The smallest absolute Gasteiger partial charge is 0.321 e. The topological polar surface area (TPSA) is 148 Å². The van der Waals surface area contributed by atoms with E-state index < -0.39 is 22.1 Å². The summed E-state index contributed by atoms with van der Waals surface area (Å²) in [7, 11) is 0.144. The molecule has 1 heterocycles. The molecule has 0 fully saturated rings. The van der Waals surface area contributed by atoms with Crippen molar-refractivity contribution in [3.05, 3.63) is 76.2 Å². The van der Waals surface area contributed by atoms with Crippen LogP contribution in [-0.2, 0) is 21.2 Å². The molecule has 14 heteroatoms. The van der Waals surface area contributed by atoms with Gasteiger partial charge in [-0.1, -0.05) is 72.4 Å². The number of aromatic nitrogens is 2. The van der Waals surface area contributed by atoms with Gasteiger partial charge in [-0.05, 0) is 42.8 Å². The fourth-order valence-corrected chi connectivity index (χ4v) is 6.65. The van der Waals surface area contributed by atoms with E-state index in [0.717, 1.165) is 28.0 Å². The standard InChI is InChI=1S/C29H35N7O4S3/c1-36(2)24-15-9-14-22-21(24)13-10-16-25(22)43(39,40)31-18-8-4-7-17-30-26(37)23(19-20-11-5-3-6-12-20)32-27(38)33-28-34-35-29(41)42-28/h3,5-6,9-16,23,31H,4,7-8,17-19H2,1-2H3,(H,30,37)(H,35,41)(H2,32,33,34,38)/t23-/m0/s1. The molecular formula is C29H35N7O4S3. The van der Waals surface area contributed by atoms with Crippen LogP contribution in [-0.4, -0.2) is 63.8 Å². The van der Waals surface area contributed by atoms with Crippen LogP contribution in [0.1, 0.15) is 24.8 Å². The number of amides is 3. The van der Waals surface area contributed by atoms with Gasteiger partial charge in [0.2, 0.25) is 21.1 Å². The highest BCUT2D eigenvalue weighted by Gasteiger charge is 2.22. The maximum Gasteiger partial charge on any atom is 0.321 e. The Balaban J connectivity index is 1.25. The normalized spacial score (nSPS) is 12.0. The Morgan fingerprint density at radius 2 is 1.67 bits per heavy atom. The SMILES string of the molecule is CN(C)c1cccc2c(S(=O)(=O)NCCCCCNC(=O)[C@H](Cc3ccccc3)NC(=O)Nc3n[nH]c(=S)s3)cccc12. The number of hydrogen-bond donors (Lipinski definition) is 5. The number of hydrogen-bond acceptors (Lipinski definition) is 8. The first-order valence-electron chi connectivity index (χ1n) is 13.8. The summed E-state index contributed by atoms with van der Waals surface area (Å²) < 4.78 is 29.3. The molecule has 0 radical (unpaired) electrons. The van der Waals surface area contributed by atoms with Gasteiger partial charge < -0.3 is 15.5 Å². The Bertz CT molecular complexity index is 1710. The highest BCUT2D eigenvalue weighted by atomic mass is 32.2. The molecule has 0 unspecified atom stereocenters. The van der Waals surface area contributed by atoms with E-state index in [-0.39, 0.29) is 17.3 Å². The van der Waals surface area contributed by atoms with Crippen molar-refractivity contribution in [1.82, 2.24) is 25.6 Å². The van der Waals surface area contributed by atoms with E-state index in [0.29, 0.717) is 46.7 Å². The van der Waals surface area contributed by atoms with Crippen LogP contribution in [0.5, 0.6) is 0 Å². The number of sulfonamides is 1. The highest BCUT2D eigenvalue weighted by Crippen LogP contribution is 2.30. The van der Waals surface area contributed by atoms with Crippen LogP contribution in [0, 0.1) is 3.95 Å². The Morgan fingerprint density at radius 1 is 0.953 bits per heavy atom. The molecule has 3 aromatic carbocycles. The number of H-pyrrole nitrogens is 1. The Labute approximate surface area is 260 Å². The van der Waals surface area contributed by atoms with Gasteiger partial charge in [-0.15, -0.1) is 5.10 Å². The number of carbonyl (C=O) groups excluding carboxylic acids is 2. The van der Waals surface area contributed by atoms with Gasteiger partial charge in [0.15, 0.2) is 3.95 Å². The molecule has 4 aromatic rings. The second kappa shape index (κ2) is 15.0. The summed E-state index contributed by atoms with van der Waals surface area (Å²) in [5.74, 6) is -0.317. The molecule has 0 aliphatic heterocycles. The van der Waals surface area contributed by atoms with Crippen LogP contribution in [0.25, 0.3) is 10.8 Å². The van der Waals surface area contributed by atoms with E-state index >= 15 is 0 Å². The van der Waals surface area contributed by atoms with Crippen molar-refractivity contribution >= 4 is 67.1 Å². The quantitative estimate of drug-likeness (QED) is 0.101. The molecule has 0 spiro atoms. The lowest BCUT2D eigenvalue weighted by atomic mass is 10.1. The molecule has 5 N–H and O–H groups in total. The monoisotopic (exact) mass is 641 g/mol. The molecule has 0 aliphatic rings. The molecule has 43 heavy (non-hydrogen) atoms. The largest absolute Gasteiger partial charge is 0.377 e. The molecule has 1 aromatic heterocycles. The Hall–Kier alpha value is -3.85.